The van der Waals surface area contributed by atoms with E-state index in [9.17, 15) is 9.90 Å². The third-order valence-corrected chi connectivity index (χ3v) is 3.43. The van der Waals surface area contributed by atoms with Gasteiger partial charge in [0, 0.05) is 13.7 Å². The Morgan fingerprint density at radius 2 is 2.22 bits per heavy atom. The predicted molar refractivity (Wildman–Crippen MR) is 68.0 cm³/mol. The third-order valence-electron chi connectivity index (χ3n) is 3.43. The maximum absolute atomic E-state index is 12.4. The summed E-state index contributed by atoms with van der Waals surface area (Å²) in [6, 6.07) is 9.41. The van der Waals surface area contributed by atoms with Gasteiger partial charge in [-0.2, -0.15) is 0 Å². The molecule has 2 atom stereocenters. The number of aliphatic hydroxyl groups is 1. The second-order valence-corrected chi connectivity index (χ2v) is 4.54. The highest BCUT2D eigenvalue weighted by Crippen LogP contribution is 2.25. The zero-order chi connectivity index (χ0) is 13.0. The van der Waals surface area contributed by atoms with E-state index >= 15 is 0 Å². The summed E-state index contributed by atoms with van der Waals surface area (Å²) < 4.78 is 5.33. The average molecular weight is 249 g/mol. The maximum atomic E-state index is 12.4. The van der Waals surface area contributed by atoms with Crippen molar-refractivity contribution in [2.75, 3.05) is 20.3 Å². The molecule has 1 fully saturated rings. The van der Waals surface area contributed by atoms with Crippen molar-refractivity contribution in [2.24, 2.45) is 0 Å². The van der Waals surface area contributed by atoms with Gasteiger partial charge in [-0.1, -0.05) is 30.3 Å². The minimum absolute atomic E-state index is 0.0248. The van der Waals surface area contributed by atoms with Gasteiger partial charge in [0.1, 0.15) is 0 Å². The van der Waals surface area contributed by atoms with Crippen LogP contribution in [-0.4, -0.2) is 42.2 Å². The van der Waals surface area contributed by atoms with E-state index in [4.69, 9.17) is 4.74 Å². The minimum Gasteiger partial charge on any atom is -0.394 e. The lowest BCUT2D eigenvalue weighted by Crippen LogP contribution is -2.41. The quantitative estimate of drug-likeness (QED) is 0.876. The molecule has 18 heavy (non-hydrogen) atoms. The van der Waals surface area contributed by atoms with Crippen LogP contribution >= 0.6 is 0 Å². The molecule has 1 aromatic carbocycles. The summed E-state index contributed by atoms with van der Waals surface area (Å²) in [6.07, 6.45) is 1.24. The number of hydrogen-bond donors (Lipinski definition) is 1. The van der Waals surface area contributed by atoms with Crippen LogP contribution < -0.4 is 0 Å². The number of amides is 1. The van der Waals surface area contributed by atoms with E-state index in [2.05, 4.69) is 0 Å². The molecule has 1 N–H and O–H groups in total. The zero-order valence-electron chi connectivity index (χ0n) is 10.6. The van der Waals surface area contributed by atoms with Gasteiger partial charge in [0.05, 0.1) is 12.6 Å². The Hall–Kier alpha value is -1.39. The van der Waals surface area contributed by atoms with Crippen LogP contribution in [0.3, 0.4) is 0 Å². The molecule has 1 aliphatic heterocycles. The highest BCUT2D eigenvalue weighted by molar-refractivity contribution is 5.83. The van der Waals surface area contributed by atoms with Crippen LogP contribution in [0.2, 0.25) is 0 Å². The van der Waals surface area contributed by atoms with Gasteiger partial charge in [0.15, 0.2) is 6.10 Å². The number of benzene rings is 1. The second kappa shape index (κ2) is 5.98. The Bertz CT molecular complexity index is 393. The molecule has 1 heterocycles. The van der Waals surface area contributed by atoms with Gasteiger partial charge in [0.25, 0.3) is 5.91 Å². The minimum atomic E-state index is -0.571. The van der Waals surface area contributed by atoms with Crippen molar-refractivity contribution in [1.29, 1.82) is 0 Å². The molecular formula is C14H19NO3. The Labute approximate surface area is 107 Å². The summed E-state index contributed by atoms with van der Waals surface area (Å²) in [5.41, 5.74) is 0.855. The first kappa shape index (κ1) is 13.1. The van der Waals surface area contributed by atoms with Crippen molar-refractivity contribution >= 4 is 5.91 Å². The lowest BCUT2D eigenvalue weighted by Gasteiger charge is -2.27. The van der Waals surface area contributed by atoms with Crippen LogP contribution in [0.5, 0.6) is 0 Å². The van der Waals surface area contributed by atoms with Gasteiger partial charge in [-0.3, -0.25) is 4.79 Å². The maximum Gasteiger partial charge on any atom is 0.256 e. The van der Waals surface area contributed by atoms with Gasteiger partial charge >= 0.3 is 0 Å². The lowest BCUT2D eigenvalue weighted by atomic mass is 10.1. The smallest absolute Gasteiger partial charge is 0.256 e. The van der Waals surface area contributed by atoms with E-state index in [1.165, 1.54) is 0 Å². The SMILES string of the molecule is COC(C(=O)N1CCC[C@@H]1CO)c1ccccc1. The van der Waals surface area contributed by atoms with Gasteiger partial charge < -0.3 is 14.7 Å². The Balaban J connectivity index is 2.15. The molecule has 1 aliphatic rings. The van der Waals surface area contributed by atoms with Crippen LogP contribution in [0.1, 0.15) is 24.5 Å². The van der Waals surface area contributed by atoms with Crippen LogP contribution in [0.25, 0.3) is 0 Å². The van der Waals surface area contributed by atoms with Crippen molar-refractivity contribution in [1.82, 2.24) is 4.90 Å². The molecule has 0 bridgehead atoms. The molecule has 1 aromatic rings. The second-order valence-electron chi connectivity index (χ2n) is 4.54. The first-order valence-electron chi connectivity index (χ1n) is 6.27. The van der Waals surface area contributed by atoms with Crippen LogP contribution in [0.15, 0.2) is 30.3 Å². The van der Waals surface area contributed by atoms with E-state index in [0.717, 1.165) is 18.4 Å². The number of carbonyl (C=O) groups is 1. The molecular weight excluding hydrogens is 230 g/mol. The first-order valence-corrected chi connectivity index (χ1v) is 6.27. The van der Waals surface area contributed by atoms with E-state index in [0.29, 0.717) is 6.54 Å². The Morgan fingerprint density at radius 1 is 1.50 bits per heavy atom. The molecule has 1 unspecified atom stereocenters. The van der Waals surface area contributed by atoms with E-state index in [1.807, 2.05) is 30.3 Å². The van der Waals surface area contributed by atoms with E-state index in [1.54, 1.807) is 12.0 Å². The normalized spacial score (nSPS) is 21.0. The molecule has 0 aliphatic carbocycles. The number of hydrogen-bond acceptors (Lipinski definition) is 3. The van der Waals surface area contributed by atoms with Crippen LogP contribution in [0, 0.1) is 0 Å². The van der Waals surface area contributed by atoms with Crippen molar-refractivity contribution < 1.29 is 14.6 Å². The number of methoxy groups -OCH3 is 1. The average Bonchev–Trinajstić information content (AvgIpc) is 2.89. The number of rotatable bonds is 4. The predicted octanol–water partition coefficient (Wildman–Crippen LogP) is 1.36. The van der Waals surface area contributed by atoms with E-state index in [-0.39, 0.29) is 18.6 Å². The fraction of sp³-hybridized carbons (Fsp3) is 0.500. The number of nitrogens with zero attached hydrogens (tertiary/aromatic N) is 1. The Kier molecular flexibility index (Phi) is 4.33. The number of ether oxygens (including phenoxy) is 1. The molecule has 0 radical (unpaired) electrons. The van der Waals surface area contributed by atoms with Crippen molar-refractivity contribution in [3.05, 3.63) is 35.9 Å². The van der Waals surface area contributed by atoms with Gasteiger partial charge in [-0.25, -0.2) is 0 Å². The number of aliphatic hydroxyl groups excluding tert-OH is 1. The molecule has 4 heteroatoms. The van der Waals surface area contributed by atoms with Gasteiger partial charge in [-0.15, -0.1) is 0 Å². The topological polar surface area (TPSA) is 49.8 Å². The highest BCUT2D eigenvalue weighted by Gasteiger charge is 2.33. The number of carbonyl (C=O) groups excluding carboxylic acids is 1. The summed E-state index contributed by atoms with van der Waals surface area (Å²) in [5, 5.41) is 9.28. The summed E-state index contributed by atoms with van der Waals surface area (Å²) in [5.74, 6) is -0.0553. The molecule has 98 valence electrons. The van der Waals surface area contributed by atoms with Crippen LogP contribution in [-0.2, 0) is 9.53 Å². The van der Waals surface area contributed by atoms with Gasteiger partial charge in [-0.05, 0) is 18.4 Å². The standard InChI is InChI=1S/C14H19NO3/c1-18-13(11-6-3-2-4-7-11)14(17)15-9-5-8-12(15)10-16/h2-4,6-7,12-13,16H,5,8-10H2,1H3/t12-,13?/m1/s1. The molecule has 1 amide bonds. The van der Waals surface area contributed by atoms with Crippen molar-refractivity contribution in [3.63, 3.8) is 0 Å². The molecule has 0 saturated carbocycles. The Morgan fingerprint density at radius 3 is 2.83 bits per heavy atom. The summed E-state index contributed by atoms with van der Waals surface area (Å²) in [4.78, 5) is 14.2. The molecule has 2 rings (SSSR count). The largest absolute Gasteiger partial charge is 0.394 e. The molecule has 4 nitrogen and oxygen atoms in total. The fourth-order valence-electron chi connectivity index (χ4n) is 2.47. The van der Waals surface area contributed by atoms with Gasteiger partial charge in [0.2, 0.25) is 0 Å². The fourth-order valence-corrected chi connectivity index (χ4v) is 2.47. The molecule has 0 aromatic heterocycles. The zero-order valence-corrected chi connectivity index (χ0v) is 10.6. The highest BCUT2D eigenvalue weighted by atomic mass is 16.5. The first-order chi connectivity index (χ1) is 8.77. The summed E-state index contributed by atoms with van der Waals surface area (Å²) in [7, 11) is 1.54. The lowest BCUT2D eigenvalue weighted by molar-refractivity contribution is -0.144. The molecule has 1 saturated heterocycles. The van der Waals surface area contributed by atoms with Crippen LogP contribution in [0.4, 0.5) is 0 Å². The van der Waals surface area contributed by atoms with E-state index < -0.39 is 6.10 Å². The van der Waals surface area contributed by atoms with Crippen molar-refractivity contribution in [2.45, 2.75) is 25.0 Å². The third kappa shape index (κ3) is 2.54. The molecule has 0 spiro atoms. The number of likely N-dealkylation sites (tertiary alicyclic amines) is 1. The van der Waals surface area contributed by atoms with Crippen molar-refractivity contribution in [3.8, 4) is 0 Å². The summed E-state index contributed by atoms with van der Waals surface area (Å²) >= 11 is 0. The summed E-state index contributed by atoms with van der Waals surface area (Å²) in [6.45, 7) is 0.730. The monoisotopic (exact) mass is 249 g/mol.